The molecular weight excluding hydrogens is 493 g/mol. The predicted molar refractivity (Wildman–Crippen MR) is 137 cm³/mol. The van der Waals surface area contributed by atoms with Crippen molar-refractivity contribution in [1.82, 2.24) is 0 Å². The third-order valence-electron chi connectivity index (χ3n) is 5.49. The minimum atomic E-state index is -0.842. The molecule has 1 aliphatic heterocycles. The zero-order valence-corrected chi connectivity index (χ0v) is 20.3. The SMILES string of the molecule is Cl.NCCc1ccc(OCCC2Oc3cc([N+](=O)[O-])ccc3N(Cc3cccc(Cl)c3)C2=O)cc1. The first-order valence-electron chi connectivity index (χ1n) is 10.9. The van der Waals surface area contributed by atoms with Crippen LogP contribution in [0.3, 0.4) is 0 Å². The number of fused-ring (bicyclic) bond motifs is 1. The Morgan fingerprint density at radius 2 is 1.86 bits per heavy atom. The molecule has 4 rings (SSSR count). The van der Waals surface area contributed by atoms with Crippen molar-refractivity contribution in [1.29, 1.82) is 0 Å². The van der Waals surface area contributed by atoms with Gasteiger partial charge in [0.05, 0.1) is 29.8 Å². The fourth-order valence-electron chi connectivity index (χ4n) is 3.80. The van der Waals surface area contributed by atoms with Crippen molar-refractivity contribution in [3.05, 3.63) is 93.0 Å². The lowest BCUT2D eigenvalue weighted by Crippen LogP contribution is -2.46. The number of non-ortho nitro benzene ring substituents is 1. The van der Waals surface area contributed by atoms with Crippen LogP contribution in [0, 0.1) is 10.1 Å². The molecule has 0 saturated carbocycles. The van der Waals surface area contributed by atoms with Gasteiger partial charge < -0.3 is 20.1 Å². The van der Waals surface area contributed by atoms with Gasteiger partial charge in [0.2, 0.25) is 0 Å². The number of rotatable bonds is 9. The first-order chi connectivity index (χ1) is 16.4. The van der Waals surface area contributed by atoms with Crippen LogP contribution in [0.5, 0.6) is 11.5 Å². The Balaban J connectivity index is 0.00000342. The van der Waals surface area contributed by atoms with Gasteiger partial charge in [-0.1, -0.05) is 35.9 Å². The van der Waals surface area contributed by atoms with Crippen molar-refractivity contribution >= 4 is 41.3 Å². The van der Waals surface area contributed by atoms with Crippen LogP contribution in [0.4, 0.5) is 11.4 Å². The second kappa shape index (κ2) is 11.9. The van der Waals surface area contributed by atoms with E-state index in [0.717, 1.165) is 17.5 Å². The van der Waals surface area contributed by atoms with E-state index in [9.17, 15) is 14.9 Å². The Morgan fingerprint density at radius 1 is 1.09 bits per heavy atom. The molecule has 1 heterocycles. The molecule has 0 spiro atoms. The van der Waals surface area contributed by atoms with Gasteiger partial charge in [0.1, 0.15) is 5.75 Å². The van der Waals surface area contributed by atoms with Crippen molar-refractivity contribution in [3.63, 3.8) is 0 Å². The summed E-state index contributed by atoms with van der Waals surface area (Å²) in [5, 5.41) is 11.8. The first kappa shape index (κ1) is 26.3. The number of nitrogens with zero attached hydrogens (tertiary/aromatic N) is 2. The molecule has 1 unspecified atom stereocenters. The molecule has 0 aliphatic carbocycles. The maximum absolute atomic E-state index is 13.3. The normalized spacial score (nSPS) is 14.5. The molecule has 2 N–H and O–H groups in total. The standard InChI is InChI=1S/C25H24ClN3O5.ClH/c26-19-3-1-2-18(14-19)16-28-22-9-6-20(29(31)32)15-24(22)34-23(25(28)30)11-13-33-21-7-4-17(5-8-21)10-12-27;/h1-9,14-15,23H,10-13,16,27H2;1H. The number of halogens is 2. The van der Waals surface area contributed by atoms with E-state index in [1.807, 2.05) is 36.4 Å². The number of amides is 1. The highest BCUT2D eigenvalue weighted by molar-refractivity contribution is 6.30. The Bertz CT molecular complexity index is 1190. The predicted octanol–water partition coefficient (Wildman–Crippen LogP) is 4.93. The fraction of sp³-hybridized carbons (Fsp3) is 0.240. The van der Waals surface area contributed by atoms with Crippen molar-refractivity contribution in [2.45, 2.75) is 25.5 Å². The summed E-state index contributed by atoms with van der Waals surface area (Å²) in [7, 11) is 0. The Kier molecular flexibility index (Phi) is 8.92. The summed E-state index contributed by atoms with van der Waals surface area (Å²) in [6, 6.07) is 19.1. The third kappa shape index (κ3) is 6.42. The van der Waals surface area contributed by atoms with E-state index in [-0.39, 0.29) is 49.3 Å². The zero-order chi connectivity index (χ0) is 24.1. The largest absolute Gasteiger partial charge is 0.493 e. The number of carbonyl (C=O) groups is 1. The molecule has 10 heteroatoms. The smallest absolute Gasteiger partial charge is 0.273 e. The van der Waals surface area contributed by atoms with Crippen LogP contribution < -0.4 is 20.1 Å². The van der Waals surface area contributed by atoms with Gasteiger partial charge in [-0.15, -0.1) is 12.4 Å². The van der Waals surface area contributed by atoms with Gasteiger partial charge in [0.25, 0.3) is 11.6 Å². The van der Waals surface area contributed by atoms with E-state index in [4.69, 9.17) is 26.8 Å². The van der Waals surface area contributed by atoms with E-state index in [1.54, 1.807) is 17.0 Å². The number of nitro benzene ring substituents is 1. The van der Waals surface area contributed by atoms with E-state index in [0.29, 0.717) is 23.0 Å². The minimum absolute atomic E-state index is 0. The Hall–Kier alpha value is -3.33. The van der Waals surface area contributed by atoms with Gasteiger partial charge in [-0.05, 0) is 54.4 Å². The van der Waals surface area contributed by atoms with E-state index < -0.39 is 11.0 Å². The molecule has 3 aromatic rings. The van der Waals surface area contributed by atoms with Gasteiger partial charge in [0, 0.05) is 17.5 Å². The summed E-state index contributed by atoms with van der Waals surface area (Å²) in [5.74, 6) is 0.714. The molecule has 0 aromatic heterocycles. The molecule has 1 atom stereocenters. The van der Waals surface area contributed by atoms with Crippen LogP contribution in [0.1, 0.15) is 17.5 Å². The monoisotopic (exact) mass is 517 g/mol. The number of hydrogen-bond donors (Lipinski definition) is 1. The summed E-state index contributed by atoms with van der Waals surface area (Å²) < 4.78 is 11.7. The molecule has 1 amide bonds. The molecule has 0 saturated heterocycles. The number of carbonyl (C=O) groups excluding carboxylic acids is 1. The Morgan fingerprint density at radius 3 is 2.54 bits per heavy atom. The molecule has 0 radical (unpaired) electrons. The second-order valence-electron chi connectivity index (χ2n) is 7.89. The molecular formula is C25H25Cl2N3O5. The fourth-order valence-corrected chi connectivity index (χ4v) is 4.01. The second-order valence-corrected chi connectivity index (χ2v) is 8.33. The van der Waals surface area contributed by atoms with Gasteiger partial charge in [-0.3, -0.25) is 14.9 Å². The summed E-state index contributed by atoms with van der Waals surface area (Å²) >= 11 is 6.11. The van der Waals surface area contributed by atoms with E-state index in [2.05, 4.69) is 0 Å². The molecule has 35 heavy (non-hydrogen) atoms. The van der Waals surface area contributed by atoms with E-state index >= 15 is 0 Å². The highest BCUT2D eigenvalue weighted by Crippen LogP contribution is 2.38. The first-order valence-corrected chi connectivity index (χ1v) is 11.2. The maximum Gasteiger partial charge on any atom is 0.273 e. The summed E-state index contributed by atoms with van der Waals surface area (Å²) in [6.07, 6.45) is 0.223. The number of anilines is 1. The van der Waals surface area contributed by atoms with E-state index in [1.165, 1.54) is 18.2 Å². The third-order valence-corrected chi connectivity index (χ3v) is 5.73. The van der Waals surface area contributed by atoms with Crippen molar-refractivity contribution in [2.24, 2.45) is 5.73 Å². The molecule has 1 aliphatic rings. The quantitative estimate of drug-likeness (QED) is 0.318. The van der Waals surface area contributed by atoms with Gasteiger partial charge in [-0.25, -0.2) is 0 Å². The van der Waals surface area contributed by atoms with Gasteiger partial charge >= 0.3 is 0 Å². The summed E-state index contributed by atoms with van der Waals surface area (Å²) in [5.41, 5.74) is 7.90. The van der Waals surface area contributed by atoms with Crippen molar-refractivity contribution in [3.8, 4) is 11.5 Å². The average Bonchev–Trinajstić information content (AvgIpc) is 2.82. The highest BCUT2D eigenvalue weighted by atomic mass is 35.5. The highest BCUT2D eigenvalue weighted by Gasteiger charge is 2.35. The number of benzene rings is 3. The number of nitrogens with two attached hydrogens (primary N) is 1. The van der Waals surface area contributed by atoms with Crippen LogP contribution >= 0.6 is 24.0 Å². The Labute approximate surface area is 214 Å². The lowest BCUT2D eigenvalue weighted by Gasteiger charge is -2.34. The molecule has 8 nitrogen and oxygen atoms in total. The van der Waals surface area contributed by atoms with Crippen molar-refractivity contribution in [2.75, 3.05) is 18.1 Å². The molecule has 0 bridgehead atoms. The topological polar surface area (TPSA) is 108 Å². The lowest BCUT2D eigenvalue weighted by atomic mass is 10.1. The minimum Gasteiger partial charge on any atom is -0.493 e. The van der Waals surface area contributed by atoms with Crippen LogP contribution in [0.25, 0.3) is 0 Å². The summed E-state index contributed by atoms with van der Waals surface area (Å²) in [6.45, 7) is 1.07. The van der Waals surface area contributed by atoms with Crippen LogP contribution in [-0.2, 0) is 17.8 Å². The molecule has 0 fully saturated rings. The van der Waals surface area contributed by atoms with Gasteiger partial charge in [0.15, 0.2) is 11.9 Å². The summed E-state index contributed by atoms with van der Waals surface area (Å²) in [4.78, 5) is 25.7. The number of hydrogen-bond acceptors (Lipinski definition) is 6. The van der Waals surface area contributed by atoms with Crippen LogP contribution in [0.15, 0.2) is 66.7 Å². The number of nitro groups is 1. The van der Waals surface area contributed by atoms with Gasteiger partial charge in [-0.2, -0.15) is 0 Å². The average molecular weight is 518 g/mol. The lowest BCUT2D eigenvalue weighted by molar-refractivity contribution is -0.384. The molecule has 184 valence electrons. The maximum atomic E-state index is 13.3. The number of ether oxygens (including phenoxy) is 2. The molecule has 3 aromatic carbocycles. The van der Waals surface area contributed by atoms with Crippen LogP contribution in [0.2, 0.25) is 5.02 Å². The zero-order valence-electron chi connectivity index (χ0n) is 18.8. The van der Waals surface area contributed by atoms with Crippen molar-refractivity contribution < 1.29 is 19.2 Å². The van der Waals surface area contributed by atoms with Crippen LogP contribution in [-0.4, -0.2) is 30.1 Å².